The number of hydrogen-bond acceptors (Lipinski definition) is 16. The predicted molar refractivity (Wildman–Crippen MR) is 181 cm³/mol. The van der Waals surface area contributed by atoms with Crippen molar-refractivity contribution in [2.24, 2.45) is 0 Å². The molecule has 0 amide bonds. The van der Waals surface area contributed by atoms with E-state index >= 15 is 0 Å². The second-order valence-corrected chi connectivity index (χ2v) is 9.34. The Balaban J connectivity index is 0.000000423. The molecule has 20 heteroatoms. The van der Waals surface area contributed by atoms with E-state index in [4.69, 9.17) is 26.9 Å². The number of nitrogens with zero attached hydrogens (tertiary/aromatic N) is 2. The van der Waals surface area contributed by atoms with Crippen LogP contribution in [0.5, 0.6) is 23.0 Å². The molecule has 0 saturated carbocycles. The molecule has 18 nitrogen and oxygen atoms in total. The van der Waals surface area contributed by atoms with Crippen LogP contribution in [0.2, 0.25) is 0 Å². The number of carbonyl (C=O) groups excluding carboxylic acids is 4. The van der Waals surface area contributed by atoms with E-state index in [0.717, 1.165) is 5.75 Å². The van der Waals surface area contributed by atoms with Gasteiger partial charge >= 0.3 is 42.6 Å². The van der Waals surface area contributed by atoms with Crippen molar-refractivity contribution < 1.29 is 86.5 Å². The van der Waals surface area contributed by atoms with Crippen molar-refractivity contribution in [1.82, 2.24) is 0 Å². The molecule has 0 heterocycles. The van der Waals surface area contributed by atoms with E-state index in [9.17, 15) is 39.4 Å². The van der Waals surface area contributed by atoms with Gasteiger partial charge in [-0.05, 0) is 71.1 Å². The van der Waals surface area contributed by atoms with Crippen LogP contribution in [0.25, 0.3) is 0 Å². The van der Waals surface area contributed by atoms with E-state index in [-0.39, 0.29) is 33.1 Å². The van der Waals surface area contributed by atoms with Crippen molar-refractivity contribution >= 4 is 58.5 Å². The average molecular weight is 929 g/mol. The number of carbonyl (C=O) groups is 3. The first-order valence-corrected chi connectivity index (χ1v) is 15.8. The molecule has 0 aliphatic rings. The number of benzene rings is 4. The van der Waals surface area contributed by atoms with Crippen LogP contribution in [-0.4, -0.2) is 60.0 Å². The zero-order valence-corrected chi connectivity index (χ0v) is 30.4. The molecule has 0 spiro atoms. The number of alkyl halides is 1. The van der Waals surface area contributed by atoms with E-state index in [0.29, 0.717) is 11.3 Å². The van der Waals surface area contributed by atoms with Gasteiger partial charge in [0.1, 0.15) is 21.9 Å². The predicted octanol–water partition coefficient (Wildman–Crippen LogP) is 6.47. The summed E-state index contributed by atoms with van der Waals surface area (Å²) in [7, 11) is 3.08. The summed E-state index contributed by atoms with van der Waals surface area (Å²) >= 11 is 3.55. The fourth-order valence-electron chi connectivity index (χ4n) is 3.17. The zero-order valence-electron chi connectivity index (χ0n) is 26.8. The summed E-state index contributed by atoms with van der Waals surface area (Å²) in [6.45, 7) is -0.642. The van der Waals surface area contributed by atoms with Crippen LogP contribution < -0.4 is 18.9 Å². The number of nitro groups is 2. The monoisotopic (exact) mass is 928 g/mol. The van der Waals surface area contributed by atoms with Crippen LogP contribution in [0, 0.1) is 20.2 Å². The number of non-ortho nitro benzene ring substituents is 2. The Labute approximate surface area is 320 Å². The van der Waals surface area contributed by atoms with E-state index in [1.807, 2.05) is 22.6 Å². The Morgan fingerprint density at radius 1 is 0.635 bits per heavy atom. The molecule has 4 aromatic rings. The number of esters is 1. The Morgan fingerprint density at radius 3 is 1.38 bits per heavy atom. The van der Waals surface area contributed by atoms with Crippen LogP contribution in [0.3, 0.4) is 0 Å². The number of methoxy groups -OCH3 is 2. The summed E-state index contributed by atoms with van der Waals surface area (Å²) in [5.41, 5.74) is 0.590. The second-order valence-electron chi connectivity index (χ2n) is 8.71. The molecule has 52 heavy (non-hydrogen) atoms. The molecule has 279 valence electrons. The second kappa shape index (κ2) is 25.2. The van der Waals surface area contributed by atoms with Gasteiger partial charge in [0.25, 0.3) is 11.4 Å². The van der Waals surface area contributed by atoms with Crippen molar-refractivity contribution in [2.75, 3.05) is 25.6 Å². The quantitative estimate of drug-likeness (QED) is 0.0180. The fraction of sp³-hybridized carbons (Fsp3) is 0.125. The molecular weight excluding hydrogens is 903 g/mol. The van der Waals surface area contributed by atoms with Gasteiger partial charge in [-0.3, -0.25) is 20.2 Å². The Morgan fingerprint density at radius 2 is 1.02 bits per heavy atom. The first kappa shape index (κ1) is 44.3. The summed E-state index contributed by atoms with van der Waals surface area (Å²) in [5.74, 6) is 0.900. The zero-order chi connectivity index (χ0) is 38.9. The van der Waals surface area contributed by atoms with Gasteiger partial charge in [0, 0.05) is 24.3 Å². The molecule has 0 atom stereocenters. The average Bonchev–Trinajstić information content (AvgIpc) is 3.16. The summed E-state index contributed by atoms with van der Waals surface area (Å²) in [5, 5.41) is 20.8. The third kappa shape index (κ3) is 17.2. The molecule has 0 saturated heterocycles. The molecule has 4 rings (SSSR count). The van der Waals surface area contributed by atoms with Crippen LogP contribution >= 0.6 is 22.6 Å². The summed E-state index contributed by atoms with van der Waals surface area (Å²) in [4.78, 5) is 63.8. The summed E-state index contributed by atoms with van der Waals surface area (Å²) < 4.78 is 41.4. The number of halogens is 1. The Bertz CT molecular complexity index is 1740. The van der Waals surface area contributed by atoms with Gasteiger partial charge in [-0.25, -0.2) is 14.4 Å². The van der Waals surface area contributed by atoms with Crippen LogP contribution in [-0.2, 0) is 43.3 Å². The van der Waals surface area contributed by atoms with Crippen molar-refractivity contribution in [3.8, 4) is 23.0 Å². The molecule has 0 N–H and O–H groups in total. The number of nitro benzene ring substituents is 2. The maximum atomic E-state index is 11.7. The van der Waals surface area contributed by atoms with Crippen molar-refractivity contribution in [3.63, 3.8) is 0 Å². The first-order valence-electron chi connectivity index (χ1n) is 13.7. The van der Waals surface area contributed by atoms with Crippen molar-refractivity contribution in [3.05, 3.63) is 128 Å². The van der Waals surface area contributed by atoms with Crippen LogP contribution in [0.4, 0.5) is 21.0 Å². The van der Waals surface area contributed by atoms with Gasteiger partial charge in [-0.1, -0.05) is 12.1 Å². The summed E-state index contributed by atoms with van der Waals surface area (Å²) in [6, 6.07) is 22.9. The maximum absolute atomic E-state index is 11.7. The Kier molecular flexibility index (Phi) is 21.5. The fourth-order valence-corrected chi connectivity index (χ4v) is 3.42. The van der Waals surface area contributed by atoms with Crippen LogP contribution in [0.1, 0.15) is 15.9 Å². The minimum absolute atomic E-state index is 0.0529. The van der Waals surface area contributed by atoms with Gasteiger partial charge in [0.05, 0.1) is 41.7 Å². The van der Waals surface area contributed by atoms with Gasteiger partial charge in [-0.15, -0.1) is 0 Å². The molecule has 0 unspecified atom stereocenters. The van der Waals surface area contributed by atoms with Crippen molar-refractivity contribution in [2.45, 2.75) is 0 Å². The van der Waals surface area contributed by atoms with Crippen LogP contribution in [0.15, 0.2) is 97.1 Å². The number of ether oxygens (including phenoxy) is 7. The Hall–Kier alpha value is -5.77. The first-order chi connectivity index (χ1) is 25.0. The number of hydrogen-bond donors (Lipinski definition) is 0. The minimum atomic E-state index is -1.11. The molecule has 4 aromatic carbocycles. The molecule has 0 radical (unpaired) electrons. The van der Waals surface area contributed by atoms with E-state index in [1.54, 1.807) is 70.8 Å². The SMILES string of the molecule is COc1ccc(C(=O)OCOC(=O)Oc2ccc([N+](=O)[O-])cc2)cc1.COc1ccc([C-]=O)cc1.O=C(OCI)Oc1ccc([N+](=O)[O-])cc1.[O]=[Ag]. The topological polar surface area (TPSA) is 236 Å². The number of rotatable bonds is 11. The normalized spacial score (nSPS) is 9.25. The van der Waals surface area contributed by atoms with E-state index in [2.05, 4.69) is 9.47 Å². The van der Waals surface area contributed by atoms with E-state index < -0.39 is 34.9 Å². The molecular formula is C32H26AgIN2O16-. The standard InChI is InChI=1S/C16H13NO8.C8H6INO5.C8H7O2.Ag.O/c1-22-13-6-2-11(3-7-13)15(18)23-10-24-16(19)25-14-8-4-12(5-9-14)17(20)21;9-5-14-8(11)15-7-3-1-6(2-4-7)10(12)13;1-10-8-4-2-7(6-9)3-5-8;;/h2-9H,10H2,1H3;1-4H,5H2;2-5H,1H3;;/q;;-1;;. The molecule has 0 aliphatic carbocycles. The molecule has 0 aliphatic heterocycles. The molecule has 0 bridgehead atoms. The van der Waals surface area contributed by atoms with Crippen molar-refractivity contribution in [1.29, 1.82) is 0 Å². The van der Waals surface area contributed by atoms with E-state index in [1.165, 1.54) is 67.8 Å². The third-order valence-corrected chi connectivity index (χ3v) is 5.88. The summed E-state index contributed by atoms with van der Waals surface area (Å²) in [6.07, 6.45) is -0.177. The van der Waals surface area contributed by atoms with Gasteiger partial charge in [0.15, 0.2) is 0 Å². The van der Waals surface area contributed by atoms with Gasteiger partial charge in [-0.2, -0.15) is 17.7 Å². The van der Waals surface area contributed by atoms with Gasteiger partial charge < -0.3 is 38.0 Å². The third-order valence-electron chi connectivity index (χ3n) is 5.57. The van der Waals surface area contributed by atoms with Gasteiger partial charge in [0.2, 0.25) is 6.79 Å². The molecule has 0 fully saturated rings. The molecule has 0 aromatic heterocycles.